The molecule has 0 bridgehead atoms. The van der Waals surface area contributed by atoms with Crippen LogP contribution < -0.4 is 10.0 Å². The molecule has 2 aromatic carbocycles. The minimum Gasteiger partial charge on any atom is -0.361 e. The van der Waals surface area contributed by atoms with Crippen molar-refractivity contribution in [2.75, 3.05) is 11.4 Å². The Bertz CT molecular complexity index is 1040. The Morgan fingerprint density at radius 2 is 1.73 bits per heavy atom. The molecule has 0 saturated heterocycles. The molecule has 1 atom stereocenters. The zero-order valence-electron chi connectivity index (χ0n) is 16.2. The van der Waals surface area contributed by atoms with Gasteiger partial charge >= 0.3 is 6.18 Å². The van der Waals surface area contributed by atoms with Crippen molar-refractivity contribution < 1.29 is 26.7 Å². The largest absolute Gasteiger partial charge is 0.440 e. The molecular formula is C20H22F3N3O3S. The van der Waals surface area contributed by atoms with Crippen LogP contribution in [-0.4, -0.2) is 37.8 Å². The van der Waals surface area contributed by atoms with Crippen LogP contribution in [-0.2, 0) is 16.4 Å². The summed E-state index contributed by atoms with van der Waals surface area (Å²) in [4.78, 5) is 4.66. The third kappa shape index (κ3) is 4.50. The van der Waals surface area contributed by atoms with Crippen LogP contribution in [0, 0.1) is 0 Å². The Morgan fingerprint density at radius 3 is 2.23 bits per heavy atom. The molecule has 1 aliphatic heterocycles. The fraction of sp³-hybridized carbons (Fsp3) is 0.350. The van der Waals surface area contributed by atoms with Gasteiger partial charge < -0.3 is 10.0 Å². The number of hydrogen-bond acceptors (Lipinski definition) is 5. The quantitative estimate of drug-likeness (QED) is 0.720. The summed E-state index contributed by atoms with van der Waals surface area (Å²) in [6.07, 6.45) is -2.09. The lowest BCUT2D eigenvalue weighted by molar-refractivity contribution is -0.249. The summed E-state index contributed by atoms with van der Waals surface area (Å²) < 4.78 is 63.3. The Balaban J connectivity index is 2.00. The maximum absolute atomic E-state index is 13.5. The van der Waals surface area contributed by atoms with Gasteiger partial charge in [-0.2, -0.15) is 13.2 Å². The number of alkyl halides is 3. The lowest BCUT2D eigenvalue weighted by Crippen LogP contribution is -2.47. The van der Waals surface area contributed by atoms with E-state index in [1.165, 1.54) is 29.2 Å². The van der Waals surface area contributed by atoms with Gasteiger partial charge in [-0.25, -0.2) is 18.5 Å². The fourth-order valence-corrected chi connectivity index (χ4v) is 3.69. The Kier molecular flexibility index (Phi) is 5.94. The van der Waals surface area contributed by atoms with Gasteiger partial charge in [0.1, 0.15) is 5.84 Å². The predicted molar refractivity (Wildman–Crippen MR) is 108 cm³/mol. The molecule has 0 fully saturated rings. The minimum atomic E-state index is -4.98. The number of anilines is 1. The number of aliphatic hydroxyl groups is 1. The lowest BCUT2D eigenvalue weighted by atomic mass is 10.1. The summed E-state index contributed by atoms with van der Waals surface area (Å²) in [5, 5.41) is 15.2. The molecule has 0 amide bonds. The fourth-order valence-electron chi connectivity index (χ4n) is 3.17. The van der Waals surface area contributed by atoms with E-state index in [0.29, 0.717) is 5.69 Å². The van der Waals surface area contributed by atoms with Gasteiger partial charge in [-0.15, -0.1) is 0 Å². The summed E-state index contributed by atoms with van der Waals surface area (Å²) in [6.45, 7) is 1.26. The average molecular weight is 441 g/mol. The molecule has 0 radical (unpaired) electrons. The number of nitrogens with zero attached hydrogens (tertiary/aromatic N) is 2. The second-order valence-electron chi connectivity index (χ2n) is 7.18. The van der Waals surface area contributed by atoms with Gasteiger partial charge in [0.15, 0.2) is 0 Å². The van der Waals surface area contributed by atoms with Crippen LogP contribution in [0.2, 0.25) is 0 Å². The summed E-state index contributed by atoms with van der Waals surface area (Å²) in [7, 11) is -3.95. The van der Waals surface area contributed by atoms with Gasteiger partial charge in [0.05, 0.1) is 11.4 Å². The van der Waals surface area contributed by atoms with Crippen molar-refractivity contribution in [1.29, 1.82) is 0 Å². The number of hydrogen-bond donors (Lipinski definition) is 2. The van der Waals surface area contributed by atoms with E-state index in [-0.39, 0.29) is 16.3 Å². The molecule has 2 aromatic rings. The van der Waals surface area contributed by atoms with Crippen LogP contribution >= 0.6 is 0 Å². The number of benzene rings is 2. The average Bonchev–Trinajstić information content (AvgIpc) is 3.05. The topological polar surface area (TPSA) is 96.0 Å². The van der Waals surface area contributed by atoms with Crippen molar-refractivity contribution >= 4 is 21.5 Å². The SMILES string of the molecule is CCCCc1ccc(N2CC(O)(C(F)(F)F)N=C2c2ccc(S(N)(=O)=O)cc2)cc1. The molecule has 162 valence electrons. The van der Waals surface area contributed by atoms with E-state index in [1.54, 1.807) is 12.1 Å². The molecule has 30 heavy (non-hydrogen) atoms. The van der Waals surface area contributed by atoms with Crippen LogP contribution in [0.4, 0.5) is 18.9 Å². The predicted octanol–water partition coefficient (Wildman–Crippen LogP) is 3.19. The van der Waals surface area contributed by atoms with Crippen molar-refractivity contribution in [3.63, 3.8) is 0 Å². The van der Waals surface area contributed by atoms with E-state index in [2.05, 4.69) is 11.9 Å². The smallest absolute Gasteiger partial charge is 0.361 e. The number of aliphatic imine (C=N–C) groups is 1. The second-order valence-corrected chi connectivity index (χ2v) is 8.74. The van der Waals surface area contributed by atoms with E-state index in [4.69, 9.17) is 5.14 Å². The molecule has 6 nitrogen and oxygen atoms in total. The second kappa shape index (κ2) is 8.01. The van der Waals surface area contributed by atoms with Crippen molar-refractivity contribution in [1.82, 2.24) is 0 Å². The Morgan fingerprint density at radius 1 is 1.13 bits per heavy atom. The summed E-state index contributed by atoms with van der Waals surface area (Å²) in [5.41, 5.74) is -1.56. The third-order valence-electron chi connectivity index (χ3n) is 4.89. The van der Waals surface area contributed by atoms with Gasteiger partial charge in [-0.1, -0.05) is 25.5 Å². The number of rotatable bonds is 6. The monoisotopic (exact) mass is 441 g/mol. The zero-order valence-corrected chi connectivity index (χ0v) is 17.0. The van der Waals surface area contributed by atoms with Gasteiger partial charge in [0.25, 0.3) is 5.72 Å². The first kappa shape index (κ1) is 22.3. The van der Waals surface area contributed by atoms with E-state index in [0.717, 1.165) is 24.8 Å². The first-order valence-corrected chi connectivity index (χ1v) is 10.9. The number of aryl methyl sites for hydroxylation is 1. The Labute approximate surface area is 172 Å². The number of amidine groups is 1. The van der Waals surface area contributed by atoms with E-state index < -0.39 is 28.5 Å². The molecule has 1 unspecified atom stereocenters. The maximum Gasteiger partial charge on any atom is 0.440 e. The highest BCUT2D eigenvalue weighted by Gasteiger charge is 2.58. The van der Waals surface area contributed by atoms with Crippen molar-refractivity contribution in [3.8, 4) is 0 Å². The van der Waals surface area contributed by atoms with Crippen LogP contribution in [0.3, 0.4) is 0 Å². The normalized spacial score (nSPS) is 19.8. The molecule has 0 saturated carbocycles. The highest BCUT2D eigenvalue weighted by atomic mass is 32.2. The van der Waals surface area contributed by atoms with Crippen LogP contribution in [0.1, 0.15) is 30.9 Å². The first-order chi connectivity index (χ1) is 13.9. The number of unbranched alkanes of at least 4 members (excludes halogenated alkanes) is 1. The van der Waals surface area contributed by atoms with E-state index in [9.17, 15) is 26.7 Å². The molecular weight excluding hydrogens is 419 g/mol. The zero-order chi connectivity index (χ0) is 22.2. The van der Waals surface area contributed by atoms with Gasteiger partial charge in [0.2, 0.25) is 10.0 Å². The molecule has 3 N–H and O–H groups in total. The highest BCUT2D eigenvalue weighted by Crippen LogP contribution is 2.39. The van der Waals surface area contributed by atoms with Crippen molar-refractivity contribution in [3.05, 3.63) is 59.7 Å². The van der Waals surface area contributed by atoms with Gasteiger partial charge in [-0.05, 0) is 54.8 Å². The first-order valence-electron chi connectivity index (χ1n) is 9.33. The standard InChI is InChI=1S/C20H22F3N3O3S/c1-2-3-4-14-5-9-16(10-6-14)26-13-19(27,20(21,22)23)25-18(26)15-7-11-17(12-8-15)30(24,28)29/h5-12,27H,2-4,13H2,1H3,(H2,24,28,29). The number of sulfonamides is 1. The molecule has 1 aliphatic rings. The van der Waals surface area contributed by atoms with Crippen LogP contribution in [0.5, 0.6) is 0 Å². The maximum atomic E-state index is 13.5. The molecule has 1 heterocycles. The Hall–Kier alpha value is -2.43. The summed E-state index contributed by atoms with van der Waals surface area (Å²) >= 11 is 0. The van der Waals surface area contributed by atoms with E-state index in [1.807, 2.05) is 12.1 Å². The molecule has 0 spiro atoms. The molecule has 3 rings (SSSR count). The van der Waals surface area contributed by atoms with Crippen LogP contribution in [0.15, 0.2) is 58.4 Å². The summed E-state index contributed by atoms with van der Waals surface area (Å²) in [6, 6.07) is 12.0. The van der Waals surface area contributed by atoms with Gasteiger partial charge in [0, 0.05) is 11.3 Å². The minimum absolute atomic E-state index is 0.114. The molecule has 0 aromatic heterocycles. The molecule has 10 heteroatoms. The highest BCUT2D eigenvalue weighted by molar-refractivity contribution is 7.89. The van der Waals surface area contributed by atoms with E-state index >= 15 is 0 Å². The van der Waals surface area contributed by atoms with Crippen molar-refractivity contribution in [2.24, 2.45) is 10.1 Å². The number of β-amino-alcohol motifs (C(OH)–C–C–N with tert-alkyl or cyclic N) is 1. The number of nitrogens with two attached hydrogens (primary N) is 1. The van der Waals surface area contributed by atoms with Crippen LogP contribution in [0.25, 0.3) is 0 Å². The van der Waals surface area contributed by atoms with Gasteiger partial charge in [-0.3, -0.25) is 0 Å². The molecule has 0 aliphatic carbocycles. The number of halogens is 3. The van der Waals surface area contributed by atoms with Crippen molar-refractivity contribution in [2.45, 2.75) is 43.0 Å². The lowest BCUT2D eigenvalue weighted by Gasteiger charge is -2.25. The third-order valence-corrected chi connectivity index (χ3v) is 5.82. The summed E-state index contributed by atoms with van der Waals surface area (Å²) in [5.74, 6) is -0.114. The number of primary sulfonamides is 1.